The maximum absolute atomic E-state index is 13.3. The Bertz CT molecular complexity index is 1070. The van der Waals surface area contributed by atoms with Crippen molar-refractivity contribution in [1.29, 1.82) is 0 Å². The smallest absolute Gasteiger partial charge is 0.277 e. The molecule has 0 radical (unpaired) electrons. The van der Waals surface area contributed by atoms with Gasteiger partial charge in [0.1, 0.15) is 0 Å². The maximum Gasteiger partial charge on any atom is 0.277 e. The van der Waals surface area contributed by atoms with Gasteiger partial charge in [-0.15, -0.1) is 0 Å². The summed E-state index contributed by atoms with van der Waals surface area (Å²) in [5, 5.41) is 3.36. The Hall–Kier alpha value is -2.41. The molecule has 32 heavy (non-hydrogen) atoms. The monoisotopic (exact) mass is 437 g/mol. The van der Waals surface area contributed by atoms with E-state index in [1.807, 2.05) is 24.8 Å². The van der Waals surface area contributed by atoms with Gasteiger partial charge in [0.05, 0.1) is 11.3 Å². The van der Waals surface area contributed by atoms with Crippen molar-refractivity contribution in [3.63, 3.8) is 0 Å². The van der Waals surface area contributed by atoms with Crippen LogP contribution in [-0.2, 0) is 17.8 Å². The Morgan fingerprint density at radius 2 is 2.00 bits per heavy atom. The first-order chi connectivity index (χ1) is 15.5. The number of rotatable bonds is 4. The quantitative estimate of drug-likeness (QED) is 0.746. The van der Waals surface area contributed by atoms with E-state index >= 15 is 0 Å². The average Bonchev–Trinajstić information content (AvgIpc) is 3.24. The molecule has 4 heterocycles. The van der Waals surface area contributed by atoms with Crippen LogP contribution in [-0.4, -0.2) is 56.5 Å². The second-order valence-electron chi connectivity index (χ2n) is 10.1. The van der Waals surface area contributed by atoms with E-state index in [1.54, 1.807) is 4.52 Å². The normalized spacial score (nSPS) is 22.6. The van der Waals surface area contributed by atoms with Crippen LogP contribution in [0.5, 0.6) is 0 Å². The van der Waals surface area contributed by atoms with Crippen LogP contribution < -0.4 is 5.56 Å². The van der Waals surface area contributed by atoms with Crippen molar-refractivity contribution in [2.24, 2.45) is 11.8 Å². The summed E-state index contributed by atoms with van der Waals surface area (Å²) in [6, 6.07) is 2.05. The number of likely N-dealkylation sites (tertiary alicyclic amines) is 1. The average molecular weight is 438 g/mol. The highest BCUT2D eigenvalue weighted by Crippen LogP contribution is 2.29. The first kappa shape index (κ1) is 21.4. The van der Waals surface area contributed by atoms with Crippen molar-refractivity contribution < 1.29 is 4.79 Å². The van der Waals surface area contributed by atoms with E-state index in [9.17, 15) is 9.59 Å². The van der Waals surface area contributed by atoms with Crippen LogP contribution in [0.3, 0.4) is 0 Å². The molecule has 3 aliphatic rings. The van der Waals surface area contributed by atoms with Crippen LogP contribution in [0.2, 0.25) is 0 Å². The highest BCUT2D eigenvalue weighted by atomic mass is 16.2. The molecule has 1 N–H and O–H groups in total. The van der Waals surface area contributed by atoms with Gasteiger partial charge in [-0.25, -0.2) is 9.50 Å². The summed E-state index contributed by atoms with van der Waals surface area (Å²) in [5.41, 5.74) is 3.68. The van der Waals surface area contributed by atoms with Crippen molar-refractivity contribution in [3.8, 4) is 0 Å². The number of hydrogen-bond donors (Lipinski definition) is 1. The number of H-pyrrole nitrogens is 1. The minimum absolute atomic E-state index is 0.0443. The van der Waals surface area contributed by atoms with Gasteiger partial charge in [0.25, 0.3) is 5.56 Å². The molecule has 2 aromatic heterocycles. The van der Waals surface area contributed by atoms with Crippen LogP contribution in [0.4, 0.5) is 0 Å². The zero-order valence-electron chi connectivity index (χ0n) is 19.3. The van der Waals surface area contributed by atoms with E-state index in [2.05, 4.69) is 22.2 Å². The number of nitrogens with zero attached hydrogens (tertiary/aromatic N) is 4. The van der Waals surface area contributed by atoms with Crippen molar-refractivity contribution in [1.82, 2.24) is 24.4 Å². The molecule has 7 nitrogen and oxygen atoms in total. The molecular weight excluding hydrogens is 402 g/mol. The molecule has 172 valence electrons. The summed E-state index contributed by atoms with van der Waals surface area (Å²) in [4.78, 5) is 34.9. The second-order valence-corrected chi connectivity index (χ2v) is 10.1. The second kappa shape index (κ2) is 8.85. The Labute approximate surface area is 189 Å². The number of carbonyl (C=O) groups is 1. The van der Waals surface area contributed by atoms with Crippen LogP contribution in [0.15, 0.2) is 23.0 Å². The van der Waals surface area contributed by atoms with Crippen LogP contribution >= 0.6 is 0 Å². The van der Waals surface area contributed by atoms with E-state index in [1.165, 1.54) is 12.8 Å². The number of allylic oxidation sites excluding steroid dienone is 2. The molecule has 1 amide bonds. The molecule has 5 rings (SSSR count). The van der Waals surface area contributed by atoms with Crippen LogP contribution in [0.1, 0.15) is 68.8 Å². The van der Waals surface area contributed by atoms with Gasteiger partial charge in [0.15, 0.2) is 5.65 Å². The van der Waals surface area contributed by atoms with Gasteiger partial charge < -0.3 is 4.90 Å². The summed E-state index contributed by atoms with van der Waals surface area (Å²) in [6.07, 6.45) is 10.8. The summed E-state index contributed by atoms with van der Waals surface area (Å²) in [6.45, 7) is 8.22. The Balaban J connectivity index is 1.31. The lowest BCUT2D eigenvalue weighted by atomic mass is 9.93. The number of carbonyl (C=O) groups excluding carboxylic acids is 1. The van der Waals surface area contributed by atoms with Crippen molar-refractivity contribution in [2.75, 3.05) is 26.2 Å². The van der Waals surface area contributed by atoms with Gasteiger partial charge in [-0.1, -0.05) is 26.0 Å². The van der Waals surface area contributed by atoms with Gasteiger partial charge in [0.2, 0.25) is 5.91 Å². The molecule has 0 unspecified atom stereocenters. The predicted molar refractivity (Wildman–Crippen MR) is 125 cm³/mol. The minimum atomic E-state index is 0.0443. The number of amides is 1. The van der Waals surface area contributed by atoms with Crippen molar-refractivity contribution in [2.45, 2.75) is 64.8 Å². The number of fused-ring (bicyclic) bond motifs is 2. The molecule has 1 aliphatic carbocycles. The lowest BCUT2D eigenvalue weighted by Gasteiger charge is -2.32. The maximum atomic E-state index is 13.3. The fourth-order valence-electron chi connectivity index (χ4n) is 5.58. The number of piperidine rings is 1. The van der Waals surface area contributed by atoms with Gasteiger partial charge in [-0.2, -0.15) is 0 Å². The van der Waals surface area contributed by atoms with Gasteiger partial charge in [-0.05, 0) is 38.0 Å². The topological polar surface area (TPSA) is 73.7 Å². The molecule has 0 bridgehead atoms. The number of hydrogen-bond acceptors (Lipinski definition) is 4. The highest BCUT2D eigenvalue weighted by Gasteiger charge is 2.28. The summed E-state index contributed by atoms with van der Waals surface area (Å²) in [5.74, 6) is 1.31. The molecule has 1 atom stereocenters. The zero-order chi connectivity index (χ0) is 22.2. The van der Waals surface area contributed by atoms with Gasteiger partial charge >= 0.3 is 0 Å². The van der Waals surface area contributed by atoms with Gasteiger partial charge in [0, 0.05) is 62.7 Å². The van der Waals surface area contributed by atoms with E-state index in [4.69, 9.17) is 4.98 Å². The fraction of sp³-hybridized carbons (Fsp3) is 0.640. The lowest BCUT2D eigenvalue weighted by Crippen LogP contribution is -2.40. The Morgan fingerprint density at radius 3 is 2.72 bits per heavy atom. The molecule has 2 aliphatic heterocycles. The van der Waals surface area contributed by atoms with Crippen LogP contribution in [0.25, 0.3) is 5.65 Å². The molecule has 0 aromatic carbocycles. The third-order valence-electron chi connectivity index (χ3n) is 7.49. The largest absolute Gasteiger partial charge is 0.342 e. The standard InChI is InChI=1S/C25H35N5O2/c1-17(2)24(31)29-12-8-19(9-13-29)22-14-23-26-21-10-11-28(15-18-6-4-3-5-7-18)16-20(21)25(32)30(23)27-22/h3-4,14,17-19,27H,5-13,15-16H2,1-2H3/t18-/m1/s1. The third kappa shape index (κ3) is 4.15. The molecule has 1 fully saturated rings. The number of aromatic amines is 1. The lowest BCUT2D eigenvalue weighted by molar-refractivity contribution is -0.135. The van der Waals surface area contributed by atoms with Crippen molar-refractivity contribution in [3.05, 3.63) is 45.5 Å². The molecular formula is C25H35N5O2. The Kier molecular flexibility index (Phi) is 5.93. The predicted octanol–water partition coefficient (Wildman–Crippen LogP) is 3.10. The van der Waals surface area contributed by atoms with Crippen molar-refractivity contribution >= 4 is 11.6 Å². The number of nitrogens with one attached hydrogen (secondary N) is 1. The molecule has 1 saturated heterocycles. The summed E-state index contributed by atoms with van der Waals surface area (Å²) in [7, 11) is 0. The first-order valence-electron chi connectivity index (χ1n) is 12.3. The fourth-order valence-corrected chi connectivity index (χ4v) is 5.58. The van der Waals surface area contributed by atoms with E-state index in [-0.39, 0.29) is 17.4 Å². The minimum Gasteiger partial charge on any atom is -0.342 e. The Morgan fingerprint density at radius 1 is 1.19 bits per heavy atom. The molecule has 0 saturated carbocycles. The molecule has 2 aromatic rings. The van der Waals surface area contributed by atoms with E-state index in [0.29, 0.717) is 18.4 Å². The summed E-state index contributed by atoms with van der Waals surface area (Å²) >= 11 is 0. The van der Waals surface area contributed by atoms with E-state index < -0.39 is 0 Å². The SMILES string of the molecule is CC(C)C(=O)N1CCC(c2cc3nc4c(c(=O)n3[nH]2)CN(C[C@@H]2CC=CCC2)CC4)CC1. The zero-order valence-corrected chi connectivity index (χ0v) is 19.3. The first-order valence-corrected chi connectivity index (χ1v) is 12.3. The summed E-state index contributed by atoms with van der Waals surface area (Å²) < 4.78 is 1.65. The van der Waals surface area contributed by atoms with E-state index in [0.717, 1.165) is 74.5 Å². The number of aromatic nitrogens is 3. The third-order valence-corrected chi connectivity index (χ3v) is 7.49. The molecule has 7 heteroatoms. The van der Waals surface area contributed by atoms with Crippen LogP contribution in [0, 0.1) is 11.8 Å². The van der Waals surface area contributed by atoms with Gasteiger partial charge in [-0.3, -0.25) is 19.6 Å². The molecule has 0 spiro atoms. The highest BCUT2D eigenvalue weighted by molar-refractivity contribution is 5.78.